The molecule has 1 heterocycles. The van der Waals surface area contributed by atoms with Gasteiger partial charge in [-0.2, -0.15) is 0 Å². The average Bonchev–Trinajstić information content (AvgIpc) is 2.88. The van der Waals surface area contributed by atoms with Crippen LogP contribution in [0.3, 0.4) is 0 Å². The molecule has 1 N–H and O–H groups in total. The van der Waals surface area contributed by atoms with Crippen LogP contribution in [-0.2, 0) is 4.74 Å². The molecule has 0 aromatic heterocycles. The van der Waals surface area contributed by atoms with Gasteiger partial charge < -0.3 is 14.8 Å². The number of benzene rings is 1. The molecule has 0 bridgehead atoms. The van der Waals surface area contributed by atoms with Crippen LogP contribution in [0.15, 0.2) is 24.3 Å². The van der Waals surface area contributed by atoms with Crippen LogP contribution in [0.25, 0.3) is 0 Å². The Bertz CT molecular complexity index is 390. The molecule has 20 heavy (non-hydrogen) atoms. The van der Waals surface area contributed by atoms with Gasteiger partial charge in [-0.05, 0) is 57.4 Å². The molecule has 1 saturated heterocycles. The van der Waals surface area contributed by atoms with Gasteiger partial charge in [0.05, 0.1) is 24.9 Å². The number of hydrogen-bond acceptors (Lipinski definition) is 3. The summed E-state index contributed by atoms with van der Waals surface area (Å²) in [5, 5.41) is 3.63. The summed E-state index contributed by atoms with van der Waals surface area (Å²) in [6.07, 6.45) is 4.10. The summed E-state index contributed by atoms with van der Waals surface area (Å²) in [6.45, 7) is 8.09. The molecule has 0 radical (unpaired) electrons. The van der Waals surface area contributed by atoms with E-state index in [1.54, 1.807) is 0 Å². The van der Waals surface area contributed by atoms with Gasteiger partial charge in [0.15, 0.2) is 0 Å². The van der Waals surface area contributed by atoms with Crippen LogP contribution in [-0.4, -0.2) is 25.4 Å². The molecule has 112 valence electrons. The SMILES string of the molecule is CCCNC(c1ccc(OCC)cc1)C1CCC(C)O1. The van der Waals surface area contributed by atoms with Gasteiger partial charge in [-0.1, -0.05) is 19.1 Å². The zero-order valence-electron chi connectivity index (χ0n) is 12.9. The molecule has 1 aliphatic heterocycles. The molecule has 3 nitrogen and oxygen atoms in total. The Kier molecular flexibility index (Phi) is 5.86. The van der Waals surface area contributed by atoms with Gasteiger partial charge in [-0.15, -0.1) is 0 Å². The van der Waals surface area contributed by atoms with Gasteiger partial charge in [0, 0.05) is 0 Å². The smallest absolute Gasteiger partial charge is 0.119 e. The van der Waals surface area contributed by atoms with E-state index < -0.39 is 0 Å². The van der Waals surface area contributed by atoms with Gasteiger partial charge in [0.1, 0.15) is 5.75 Å². The van der Waals surface area contributed by atoms with E-state index in [1.807, 2.05) is 6.92 Å². The van der Waals surface area contributed by atoms with Crippen LogP contribution in [0.5, 0.6) is 5.75 Å². The van der Waals surface area contributed by atoms with E-state index in [9.17, 15) is 0 Å². The molecule has 3 atom stereocenters. The topological polar surface area (TPSA) is 30.5 Å². The number of hydrogen-bond donors (Lipinski definition) is 1. The lowest BCUT2D eigenvalue weighted by atomic mass is 9.99. The number of nitrogens with one attached hydrogen (secondary N) is 1. The molecule has 2 rings (SSSR count). The Hall–Kier alpha value is -1.06. The Balaban J connectivity index is 2.08. The maximum Gasteiger partial charge on any atom is 0.119 e. The molecule has 1 aromatic carbocycles. The molecule has 1 aliphatic rings. The summed E-state index contributed by atoms with van der Waals surface area (Å²) in [5.41, 5.74) is 1.29. The van der Waals surface area contributed by atoms with E-state index in [1.165, 1.54) is 5.56 Å². The highest BCUT2D eigenvalue weighted by atomic mass is 16.5. The maximum absolute atomic E-state index is 6.06. The maximum atomic E-state index is 6.06. The van der Waals surface area contributed by atoms with Crippen LogP contribution in [0.4, 0.5) is 0 Å². The summed E-state index contributed by atoms with van der Waals surface area (Å²) in [4.78, 5) is 0. The first kappa shape index (κ1) is 15.3. The zero-order valence-corrected chi connectivity index (χ0v) is 12.9. The van der Waals surface area contributed by atoms with Crippen molar-refractivity contribution in [3.8, 4) is 5.75 Å². The summed E-state index contributed by atoms with van der Waals surface area (Å²) >= 11 is 0. The fourth-order valence-corrected chi connectivity index (χ4v) is 2.78. The second-order valence-corrected chi connectivity index (χ2v) is 5.50. The Morgan fingerprint density at radius 3 is 2.55 bits per heavy atom. The van der Waals surface area contributed by atoms with Crippen molar-refractivity contribution in [2.75, 3.05) is 13.2 Å². The Labute approximate surface area is 122 Å². The predicted molar refractivity (Wildman–Crippen MR) is 82.2 cm³/mol. The lowest BCUT2D eigenvalue weighted by Crippen LogP contribution is -2.32. The van der Waals surface area contributed by atoms with Crippen LogP contribution in [0.2, 0.25) is 0 Å². The Morgan fingerprint density at radius 2 is 2.00 bits per heavy atom. The lowest BCUT2D eigenvalue weighted by molar-refractivity contribution is 0.0316. The van der Waals surface area contributed by atoms with Gasteiger partial charge >= 0.3 is 0 Å². The van der Waals surface area contributed by atoms with E-state index in [0.717, 1.165) is 31.6 Å². The normalized spacial score (nSPS) is 23.8. The van der Waals surface area contributed by atoms with Crippen molar-refractivity contribution in [3.63, 3.8) is 0 Å². The number of ether oxygens (including phenoxy) is 2. The predicted octanol–water partition coefficient (Wildman–Crippen LogP) is 3.69. The van der Waals surface area contributed by atoms with Gasteiger partial charge in [0.25, 0.3) is 0 Å². The second kappa shape index (κ2) is 7.65. The quantitative estimate of drug-likeness (QED) is 0.824. The molecule has 0 spiro atoms. The van der Waals surface area contributed by atoms with Crippen molar-refractivity contribution in [2.45, 2.75) is 58.3 Å². The zero-order chi connectivity index (χ0) is 14.4. The molecule has 3 unspecified atom stereocenters. The van der Waals surface area contributed by atoms with Crippen molar-refractivity contribution in [1.82, 2.24) is 5.32 Å². The highest BCUT2D eigenvalue weighted by Gasteiger charge is 2.30. The van der Waals surface area contributed by atoms with Crippen molar-refractivity contribution < 1.29 is 9.47 Å². The van der Waals surface area contributed by atoms with Gasteiger partial charge in [-0.25, -0.2) is 0 Å². The minimum Gasteiger partial charge on any atom is -0.494 e. The van der Waals surface area contributed by atoms with E-state index >= 15 is 0 Å². The van der Waals surface area contributed by atoms with Gasteiger partial charge in [-0.3, -0.25) is 0 Å². The van der Waals surface area contributed by atoms with Crippen molar-refractivity contribution >= 4 is 0 Å². The number of rotatable bonds is 7. The van der Waals surface area contributed by atoms with Crippen molar-refractivity contribution in [3.05, 3.63) is 29.8 Å². The molecule has 1 aromatic rings. The highest BCUT2D eigenvalue weighted by Crippen LogP contribution is 2.31. The molecule has 1 fully saturated rings. The fraction of sp³-hybridized carbons (Fsp3) is 0.647. The van der Waals surface area contributed by atoms with Crippen LogP contribution in [0, 0.1) is 0 Å². The lowest BCUT2D eigenvalue weighted by Gasteiger charge is -2.25. The molecule has 0 amide bonds. The molecule has 0 saturated carbocycles. The van der Waals surface area contributed by atoms with Crippen molar-refractivity contribution in [2.24, 2.45) is 0 Å². The molecular formula is C17H27NO2. The summed E-state index contributed by atoms with van der Waals surface area (Å²) in [7, 11) is 0. The summed E-state index contributed by atoms with van der Waals surface area (Å²) < 4.78 is 11.6. The largest absolute Gasteiger partial charge is 0.494 e. The van der Waals surface area contributed by atoms with Crippen LogP contribution in [0.1, 0.15) is 51.6 Å². The first-order chi connectivity index (χ1) is 9.74. The standard InChI is InChI=1S/C17H27NO2/c1-4-12-18-17(16-11-6-13(3)20-16)14-7-9-15(10-8-14)19-5-2/h7-10,13,16-18H,4-6,11-12H2,1-3H3. The highest BCUT2D eigenvalue weighted by molar-refractivity contribution is 5.30. The Morgan fingerprint density at radius 1 is 1.25 bits per heavy atom. The molecule has 0 aliphatic carbocycles. The van der Waals surface area contributed by atoms with E-state index in [0.29, 0.717) is 12.7 Å². The van der Waals surface area contributed by atoms with E-state index in [2.05, 4.69) is 43.4 Å². The third kappa shape index (κ3) is 3.97. The first-order valence-electron chi connectivity index (χ1n) is 7.86. The van der Waals surface area contributed by atoms with Crippen LogP contribution < -0.4 is 10.1 Å². The first-order valence-corrected chi connectivity index (χ1v) is 7.86. The minimum atomic E-state index is 0.287. The van der Waals surface area contributed by atoms with Crippen molar-refractivity contribution in [1.29, 1.82) is 0 Å². The van der Waals surface area contributed by atoms with Gasteiger partial charge in [0.2, 0.25) is 0 Å². The van der Waals surface area contributed by atoms with Crippen LogP contribution >= 0.6 is 0 Å². The summed E-state index contributed by atoms with van der Waals surface area (Å²) in [5.74, 6) is 0.936. The molecular weight excluding hydrogens is 250 g/mol. The van der Waals surface area contributed by atoms with E-state index in [-0.39, 0.29) is 12.1 Å². The minimum absolute atomic E-state index is 0.287. The molecule has 3 heteroatoms. The second-order valence-electron chi connectivity index (χ2n) is 5.50. The third-order valence-electron chi connectivity index (χ3n) is 3.80. The van der Waals surface area contributed by atoms with E-state index in [4.69, 9.17) is 9.47 Å². The third-order valence-corrected chi connectivity index (χ3v) is 3.80. The monoisotopic (exact) mass is 277 g/mol. The average molecular weight is 277 g/mol. The fourth-order valence-electron chi connectivity index (χ4n) is 2.78. The summed E-state index contributed by atoms with van der Waals surface area (Å²) in [6, 6.07) is 8.71.